The van der Waals surface area contributed by atoms with Crippen LogP contribution in [0.4, 0.5) is 0 Å². The largest absolute Gasteiger partial charge is 0.497 e. The van der Waals surface area contributed by atoms with Crippen molar-refractivity contribution in [3.8, 4) is 28.3 Å². The molecule has 2 aromatic carbocycles. The van der Waals surface area contributed by atoms with Crippen LogP contribution in [-0.2, 0) is 11.2 Å². The topological polar surface area (TPSA) is 85.5 Å². The SMILES string of the molecule is CCCC[C@H]1Cc2cc(OC)ccc2[C@H](c2ccc(-c3c(C(N)=O)ccnc3C)cc2)N1C(=O)C#C[Si](C)(C)C. The number of carbonyl (C=O) groups is 2. The summed E-state index contributed by atoms with van der Waals surface area (Å²) in [6.45, 7) is 10.5. The smallest absolute Gasteiger partial charge is 0.298 e. The van der Waals surface area contributed by atoms with Crippen LogP contribution < -0.4 is 10.5 Å². The lowest BCUT2D eigenvalue weighted by Gasteiger charge is -2.43. The van der Waals surface area contributed by atoms with Gasteiger partial charge in [-0.15, -0.1) is 5.54 Å². The predicted octanol–water partition coefficient (Wildman–Crippen LogP) is 6.08. The van der Waals surface area contributed by atoms with Gasteiger partial charge in [0.25, 0.3) is 5.91 Å². The summed E-state index contributed by atoms with van der Waals surface area (Å²) in [6, 6.07) is 15.6. The number of methoxy groups -OCH3 is 1. The summed E-state index contributed by atoms with van der Waals surface area (Å²) < 4.78 is 5.55. The fourth-order valence-electron chi connectivity index (χ4n) is 5.44. The second-order valence-electron chi connectivity index (χ2n) is 11.5. The van der Waals surface area contributed by atoms with E-state index in [2.05, 4.69) is 55.1 Å². The van der Waals surface area contributed by atoms with E-state index in [1.165, 1.54) is 5.56 Å². The van der Waals surface area contributed by atoms with Gasteiger partial charge in [0, 0.05) is 23.5 Å². The molecule has 1 aliphatic rings. The molecule has 2 heterocycles. The lowest BCUT2D eigenvalue weighted by molar-refractivity contribution is -0.130. The van der Waals surface area contributed by atoms with Crippen molar-refractivity contribution in [3.05, 3.63) is 82.7 Å². The van der Waals surface area contributed by atoms with Crippen molar-refractivity contribution in [2.75, 3.05) is 7.11 Å². The zero-order valence-electron chi connectivity index (χ0n) is 24.4. The Morgan fingerprint density at radius 1 is 1.12 bits per heavy atom. The number of nitrogens with two attached hydrogens (primary N) is 1. The summed E-state index contributed by atoms with van der Waals surface area (Å²) in [5, 5.41) is 0. The summed E-state index contributed by atoms with van der Waals surface area (Å²) in [4.78, 5) is 32.4. The van der Waals surface area contributed by atoms with Crippen LogP contribution in [0.1, 0.15) is 65.0 Å². The molecule has 6 nitrogen and oxygen atoms in total. The van der Waals surface area contributed by atoms with Crippen molar-refractivity contribution in [1.82, 2.24) is 9.88 Å². The van der Waals surface area contributed by atoms with Crippen molar-refractivity contribution in [1.29, 1.82) is 0 Å². The monoisotopic (exact) mass is 553 g/mol. The molecule has 40 heavy (non-hydrogen) atoms. The summed E-state index contributed by atoms with van der Waals surface area (Å²) in [7, 11) is -0.0717. The predicted molar refractivity (Wildman–Crippen MR) is 163 cm³/mol. The normalized spacial score (nSPS) is 16.5. The van der Waals surface area contributed by atoms with Crippen molar-refractivity contribution >= 4 is 19.9 Å². The Balaban J connectivity index is 1.86. The molecule has 0 aliphatic carbocycles. The highest BCUT2D eigenvalue weighted by Crippen LogP contribution is 2.41. The van der Waals surface area contributed by atoms with Gasteiger partial charge < -0.3 is 15.4 Å². The summed E-state index contributed by atoms with van der Waals surface area (Å²) in [5.74, 6) is 3.23. The lowest BCUT2D eigenvalue weighted by Crippen LogP contribution is -2.47. The first-order chi connectivity index (χ1) is 19.0. The van der Waals surface area contributed by atoms with Gasteiger partial charge in [0.2, 0.25) is 5.91 Å². The van der Waals surface area contributed by atoms with Crippen molar-refractivity contribution < 1.29 is 14.3 Å². The Morgan fingerprint density at radius 2 is 1.85 bits per heavy atom. The summed E-state index contributed by atoms with van der Waals surface area (Å²) >= 11 is 0. The number of aromatic nitrogens is 1. The maximum Gasteiger partial charge on any atom is 0.298 e. The van der Waals surface area contributed by atoms with E-state index in [-0.39, 0.29) is 18.0 Å². The number of nitrogens with zero attached hydrogens (tertiary/aromatic N) is 2. The van der Waals surface area contributed by atoms with Crippen molar-refractivity contribution in [2.45, 2.75) is 71.3 Å². The minimum atomic E-state index is -1.75. The molecule has 7 heteroatoms. The van der Waals surface area contributed by atoms with E-state index in [9.17, 15) is 9.59 Å². The number of rotatable bonds is 7. The maximum absolute atomic E-state index is 13.9. The number of primary amides is 1. The van der Waals surface area contributed by atoms with Crippen LogP contribution in [0.2, 0.25) is 19.6 Å². The van der Waals surface area contributed by atoms with E-state index >= 15 is 0 Å². The molecule has 4 rings (SSSR count). The van der Waals surface area contributed by atoms with Crippen LogP contribution in [0.25, 0.3) is 11.1 Å². The van der Waals surface area contributed by atoms with Gasteiger partial charge in [0.1, 0.15) is 13.8 Å². The third-order valence-electron chi connectivity index (χ3n) is 7.36. The number of fused-ring (bicyclic) bond motifs is 1. The first-order valence-corrected chi connectivity index (χ1v) is 17.4. The number of benzene rings is 2. The molecule has 0 radical (unpaired) electrons. The molecule has 3 aromatic rings. The highest BCUT2D eigenvalue weighted by atomic mass is 28.3. The zero-order chi connectivity index (χ0) is 29.0. The van der Waals surface area contributed by atoms with Gasteiger partial charge in [-0.2, -0.15) is 0 Å². The Labute approximate surface area is 239 Å². The fourth-order valence-corrected chi connectivity index (χ4v) is 5.93. The highest BCUT2D eigenvalue weighted by Gasteiger charge is 2.38. The van der Waals surface area contributed by atoms with Crippen molar-refractivity contribution in [3.63, 3.8) is 0 Å². The van der Waals surface area contributed by atoms with E-state index in [1.807, 2.05) is 42.2 Å². The van der Waals surface area contributed by atoms with Gasteiger partial charge in [0.15, 0.2) is 0 Å². The first kappa shape index (κ1) is 29.1. The van der Waals surface area contributed by atoms with Crippen LogP contribution in [0.15, 0.2) is 54.7 Å². The molecule has 1 aromatic heterocycles. The minimum absolute atomic E-state index is 0.0229. The van der Waals surface area contributed by atoms with Crippen LogP contribution in [-0.4, -0.2) is 42.9 Å². The molecule has 0 spiro atoms. The summed E-state index contributed by atoms with van der Waals surface area (Å²) in [6.07, 6.45) is 5.34. The number of unbranched alkanes of at least 4 members (excludes halogenated alkanes) is 1. The average Bonchev–Trinajstić information content (AvgIpc) is 2.93. The van der Waals surface area contributed by atoms with E-state index in [0.29, 0.717) is 5.56 Å². The zero-order valence-corrected chi connectivity index (χ0v) is 25.4. The van der Waals surface area contributed by atoms with Crippen LogP contribution in [0, 0.1) is 18.4 Å². The lowest BCUT2D eigenvalue weighted by atomic mass is 9.82. The van der Waals surface area contributed by atoms with Crippen LogP contribution in [0.5, 0.6) is 5.75 Å². The van der Waals surface area contributed by atoms with Crippen molar-refractivity contribution in [2.24, 2.45) is 5.73 Å². The molecule has 0 unspecified atom stereocenters. The van der Waals surface area contributed by atoms with Crippen LogP contribution in [0.3, 0.4) is 0 Å². The molecule has 0 saturated carbocycles. The standard InChI is InChI=1S/C33H39N3O3Si/c1-7-8-9-26-20-25-21-27(39-3)14-15-28(25)32(36(26)30(37)17-19-40(4,5)6)24-12-10-23(11-13-24)31-22(2)35-18-16-29(31)33(34)38/h10-16,18,21,26,32H,7-9,20H2,1-6H3,(H2,34,38)/t26-,32-/m0/s1. The fraction of sp³-hybridized carbons (Fsp3) is 0.364. The van der Waals surface area contributed by atoms with E-state index in [1.54, 1.807) is 19.4 Å². The second-order valence-corrected chi connectivity index (χ2v) is 16.2. The quantitative estimate of drug-likeness (QED) is 0.284. The average molecular weight is 554 g/mol. The molecule has 0 saturated heterocycles. The molecule has 2 atom stereocenters. The van der Waals surface area contributed by atoms with Gasteiger partial charge >= 0.3 is 0 Å². The van der Waals surface area contributed by atoms with E-state index in [4.69, 9.17) is 10.5 Å². The van der Waals surface area contributed by atoms with Gasteiger partial charge in [-0.1, -0.05) is 69.7 Å². The number of aryl methyl sites for hydroxylation is 1. The van der Waals surface area contributed by atoms with E-state index < -0.39 is 14.0 Å². The third-order valence-corrected chi connectivity index (χ3v) is 8.24. The highest BCUT2D eigenvalue weighted by molar-refractivity contribution is 6.84. The summed E-state index contributed by atoms with van der Waals surface area (Å²) in [5.41, 5.74) is 15.0. The molecular weight excluding hydrogens is 514 g/mol. The molecule has 208 valence electrons. The Morgan fingerprint density at radius 3 is 2.48 bits per heavy atom. The van der Waals surface area contributed by atoms with E-state index in [0.717, 1.165) is 59.4 Å². The number of hydrogen-bond acceptors (Lipinski definition) is 4. The maximum atomic E-state index is 13.9. The number of pyridine rings is 1. The molecule has 2 N–H and O–H groups in total. The molecule has 1 aliphatic heterocycles. The van der Waals surface area contributed by atoms with Gasteiger partial charge in [-0.3, -0.25) is 14.6 Å². The number of hydrogen-bond donors (Lipinski definition) is 1. The number of ether oxygens (including phenoxy) is 1. The van der Waals surface area contributed by atoms with Crippen LogP contribution >= 0.6 is 0 Å². The Hall–Kier alpha value is -3.89. The third kappa shape index (κ3) is 6.29. The minimum Gasteiger partial charge on any atom is -0.497 e. The Kier molecular flexibility index (Phi) is 8.80. The molecule has 0 fully saturated rings. The second kappa shape index (κ2) is 12.1. The molecule has 2 amide bonds. The Bertz CT molecular complexity index is 1460. The molecule has 0 bridgehead atoms. The molecular formula is C33H39N3O3Si. The van der Waals surface area contributed by atoms with Gasteiger partial charge in [0.05, 0.1) is 18.7 Å². The first-order valence-electron chi connectivity index (χ1n) is 13.9. The number of carbonyl (C=O) groups excluding carboxylic acids is 2. The van der Waals surface area contributed by atoms with Gasteiger partial charge in [-0.25, -0.2) is 0 Å². The number of amides is 2. The van der Waals surface area contributed by atoms with Gasteiger partial charge in [-0.05, 0) is 66.1 Å².